The minimum Gasteiger partial charge on any atom is -0.377 e. The highest BCUT2D eigenvalue weighted by molar-refractivity contribution is 4.76. The number of hydrogen-bond acceptors (Lipinski definition) is 3. The molecule has 0 aromatic rings. The molecule has 0 aromatic heterocycles. The van der Waals surface area contributed by atoms with Gasteiger partial charge in [0.2, 0.25) is 0 Å². The molecule has 0 aliphatic carbocycles. The van der Waals surface area contributed by atoms with E-state index >= 15 is 0 Å². The summed E-state index contributed by atoms with van der Waals surface area (Å²) in [6.45, 7) is 9.79. The number of likely N-dealkylation sites (tertiary alicyclic amines) is 1. The minimum atomic E-state index is 0.366. The quantitative estimate of drug-likeness (QED) is 0.691. The fourth-order valence-corrected chi connectivity index (χ4v) is 1.99. The van der Waals surface area contributed by atoms with Gasteiger partial charge in [-0.25, -0.2) is 0 Å². The van der Waals surface area contributed by atoms with Crippen LogP contribution < -0.4 is 5.32 Å². The fraction of sp³-hybridized carbons (Fsp3) is 1.00. The van der Waals surface area contributed by atoms with Crippen LogP contribution in [-0.2, 0) is 4.74 Å². The monoisotopic (exact) mass is 200 g/mol. The number of rotatable bonds is 6. The third-order valence-corrected chi connectivity index (χ3v) is 2.72. The number of ether oxygens (including phenoxy) is 1. The molecule has 1 heterocycles. The van der Waals surface area contributed by atoms with Gasteiger partial charge in [0.25, 0.3) is 0 Å². The van der Waals surface area contributed by atoms with E-state index in [1.54, 1.807) is 0 Å². The lowest BCUT2D eigenvalue weighted by molar-refractivity contribution is 0.0629. The third-order valence-electron chi connectivity index (χ3n) is 2.72. The van der Waals surface area contributed by atoms with E-state index in [1.165, 1.54) is 19.5 Å². The van der Waals surface area contributed by atoms with E-state index in [4.69, 9.17) is 4.74 Å². The average molecular weight is 200 g/mol. The highest BCUT2D eigenvalue weighted by Crippen LogP contribution is 2.14. The van der Waals surface area contributed by atoms with Gasteiger partial charge >= 0.3 is 0 Å². The summed E-state index contributed by atoms with van der Waals surface area (Å²) in [4.78, 5) is 2.50. The summed E-state index contributed by atoms with van der Waals surface area (Å²) in [6, 6.07) is 0. The summed E-state index contributed by atoms with van der Waals surface area (Å²) in [5, 5.41) is 3.25. The zero-order valence-corrected chi connectivity index (χ0v) is 9.75. The molecule has 0 bridgehead atoms. The van der Waals surface area contributed by atoms with Gasteiger partial charge in [0, 0.05) is 13.1 Å². The molecule has 1 atom stereocenters. The maximum atomic E-state index is 5.54. The lowest BCUT2D eigenvalue weighted by atomic mass is 10.1. The molecule has 1 aliphatic rings. The Morgan fingerprint density at radius 2 is 2.29 bits per heavy atom. The molecule has 0 aromatic carbocycles. The Hall–Kier alpha value is -0.120. The first kappa shape index (κ1) is 12.0. The van der Waals surface area contributed by atoms with Crippen molar-refractivity contribution >= 4 is 0 Å². The molecule has 84 valence electrons. The van der Waals surface area contributed by atoms with Gasteiger partial charge in [-0.2, -0.15) is 0 Å². The summed E-state index contributed by atoms with van der Waals surface area (Å²) < 4.78 is 5.54. The molecule has 3 heteroatoms. The molecule has 3 nitrogen and oxygen atoms in total. The largest absolute Gasteiger partial charge is 0.377 e. The van der Waals surface area contributed by atoms with Crippen molar-refractivity contribution < 1.29 is 4.74 Å². The van der Waals surface area contributed by atoms with Crippen molar-refractivity contribution in [3.63, 3.8) is 0 Å². The van der Waals surface area contributed by atoms with Gasteiger partial charge < -0.3 is 15.0 Å². The van der Waals surface area contributed by atoms with Crippen LogP contribution in [0.2, 0.25) is 0 Å². The highest BCUT2D eigenvalue weighted by Gasteiger charge is 2.20. The SMILES string of the molecule is CNCC1CCN(CCOC(C)C)C1. The lowest BCUT2D eigenvalue weighted by Gasteiger charge is -2.16. The van der Waals surface area contributed by atoms with E-state index < -0.39 is 0 Å². The summed E-state index contributed by atoms with van der Waals surface area (Å²) in [5.41, 5.74) is 0. The topological polar surface area (TPSA) is 24.5 Å². The Morgan fingerprint density at radius 3 is 2.93 bits per heavy atom. The van der Waals surface area contributed by atoms with E-state index in [0.717, 1.165) is 25.6 Å². The standard InChI is InChI=1S/C11H24N2O/c1-10(2)14-7-6-13-5-4-11(9-13)8-12-3/h10-12H,4-9H2,1-3H3. The number of hydrogen-bond donors (Lipinski definition) is 1. The summed E-state index contributed by atoms with van der Waals surface area (Å²) >= 11 is 0. The normalized spacial score (nSPS) is 23.6. The zero-order valence-electron chi connectivity index (χ0n) is 9.75. The van der Waals surface area contributed by atoms with Gasteiger partial charge in [0.1, 0.15) is 0 Å². The molecule has 1 unspecified atom stereocenters. The average Bonchev–Trinajstić information content (AvgIpc) is 2.53. The van der Waals surface area contributed by atoms with Gasteiger partial charge in [-0.05, 0) is 46.3 Å². The molecular weight excluding hydrogens is 176 g/mol. The summed E-state index contributed by atoms with van der Waals surface area (Å²) in [6.07, 6.45) is 1.70. The van der Waals surface area contributed by atoms with Crippen LogP contribution in [0.25, 0.3) is 0 Å². The van der Waals surface area contributed by atoms with E-state index in [-0.39, 0.29) is 0 Å². The molecule has 1 saturated heterocycles. The second-order valence-electron chi connectivity index (χ2n) is 4.43. The first-order chi connectivity index (χ1) is 6.72. The van der Waals surface area contributed by atoms with Crippen LogP contribution >= 0.6 is 0 Å². The summed E-state index contributed by atoms with van der Waals surface area (Å²) in [5.74, 6) is 0.846. The lowest BCUT2D eigenvalue weighted by Crippen LogP contribution is -2.28. The predicted molar refractivity (Wildman–Crippen MR) is 59.6 cm³/mol. The summed E-state index contributed by atoms with van der Waals surface area (Å²) in [7, 11) is 2.03. The van der Waals surface area contributed by atoms with E-state index in [0.29, 0.717) is 6.10 Å². The smallest absolute Gasteiger partial charge is 0.0596 e. The van der Waals surface area contributed by atoms with Crippen LogP contribution in [0.3, 0.4) is 0 Å². The minimum absolute atomic E-state index is 0.366. The molecule has 1 aliphatic heterocycles. The molecule has 0 saturated carbocycles. The Kier molecular flexibility index (Phi) is 5.45. The third kappa shape index (κ3) is 4.40. The molecule has 1 fully saturated rings. The molecule has 1 rings (SSSR count). The molecule has 1 N–H and O–H groups in total. The van der Waals surface area contributed by atoms with Crippen molar-refractivity contribution in [1.29, 1.82) is 0 Å². The molecule has 0 amide bonds. The van der Waals surface area contributed by atoms with E-state index in [9.17, 15) is 0 Å². The van der Waals surface area contributed by atoms with Gasteiger partial charge in [0.15, 0.2) is 0 Å². The van der Waals surface area contributed by atoms with Crippen molar-refractivity contribution in [3.8, 4) is 0 Å². The molecule has 14 heavy (non-hydrogen) atoms. The molecule has 0 spiro atoms. The van der Waals surface area contributed by atoms with Crippen LogP contribution in [0, 0.1) is 5.92 Å². The van der Waals surface area contributed by atoms with Crippen molar-refractivity contribution in [2.24, 2.45) is 5.92 Å². The van der Waals surface area contributed by atoms with Crippen molar-refractivity contribution in [2.75, 3.05) is 39.8 Å². The Morgan fingerprint density at radius 1 is 1.50 bits per heavy atom. The van der Waals surface area contributed by atoms with Crippen molar-refractivity contribution in [3.05, 3.63) is 0 Å². The van der Waals surface area contributed by atoms with Gasteiger partial charge in [0.05, 0.1) is 12.7 Å². The van der Waals surface area contributed by atoms with Crippen LogP contribution in [0.4, 0.5) is 0 Å². The Balaban J connectivity index is 2.04. The van der Waals surface area contributed by atoms with Gasteiger partial charge in [-0.3, -0.25) is 0 Å². The highest BCUT2D eigenvalue weighted by atomic mass is 16.5. The zero-order chi connectivity index (χ0) is 10.4. The fourth-order valence-electron chi connectivity index (χ4n) is 1.99. The van der Waals surface area contributed by atoms with Crippen molar-refractivity contribution in [1.82, 2.24) is 10.2 Å². The second kappa shape index (κ2) is 6.38. The van der Waals surface area contributed by atoms with Crippen LogP contribution in [-0.4, -0.2) is 50.8 Å². The van der Waals surface area contributed by atoms with E-state index in [1.807, 2.05) is 7.05 Å². The predicted octanol–water partition coefficient (Wildman–Crippen LogP) is 0.953. The number of nitrogens with one attached hydrogen (secondary N) is 1. The maximum Gasteiger partial charge on any atom is 0.0596 e. The van der Waals surface area contributed by atoms with Crippen LogP contribution in [0.5, 0.6) is 0 Å². The van der Waals surface area contributed by atoms with Gasteiger partial charge in [-0.1, -0.05) is 0 Å². The number of nitrogens with zero attached hydrogens (tertiary/aromatic N) is 1. The second-order valence-corrected chi connectivity index (χ2v) is 4.43. The van der Waals surface area contributed by atoms with Gasteiger partial charge in [-0.15, -0.1) is 0 Å². The first-order valence-corrected chi connectivity index (χ1v) is 5.71. The Labute approximate surface area is 87.8 Å². The Bertz CT molecular complexity index is 150. The van der Waals surface area contributed by atoms with E-state index in [2.05, 4.69) is 24.1 Å². The molecule has 0 radical (unpaired) electrons. The van der Waals surface area contributed by atoms with Crippen molar-refractivity contribution in [2.45, 2.75) is 26.4 Å². The maximum absolute atomic E-state index is 5.54. The van der Waals surface area contributed by atoms with Crippen LogP contribution in [0.1, 0.15) is 20.3 Å². The first-order valence-electron chi connectivity index (χ1n) is 5.71. The van der Waals surface area contributed by atoms with Crippen LogP contribution in [0.15, 0.2) is 0 Å². The molecular formula is C11H24N2O.